The summed E-state index contributed by atoms with van der Waals surface area (Å²) >= 11 is 5.45. The van der Waals surface area contributed by atoms with Gasteiger partial charge < -0.3 is 40.2 Å². The lowest BCUT2D eigenvalue weighted by Crippen LogP contribution is -2.38. The number of nitrogens with zero attached hydrogens (tertiary/aromatic N) is 3. The molecular weight excluding hydrogens is 492 g/mol. The summed E-state index contributed by atoms with van der Waals surface area (Å²) in [5.74, 6) is 1.85. The molecule has 2 saturated heterocycles. The molecule has 5 rings (SSSR count). The Hall–Kier alpha value is -3.51. The molecule has 2 fully saturated rings. The predicted octanol–water partition coefficient (Wildman–Crippen LogP) is 4.16. The van der Waals surface area contributed by atoms with Gasteiger partial charge in [0.15, 0.2) is 28.8 Å². The average molecular weight is 523 g/mol. The Bertz CT molecular complexity index is 1250. The highest BCUT2D eigenvalue weighted by Crippen LogP contribution is 2.41. The highest BCUT2D eigenvalue weighted by atomic mass is 32.1. The van der Waals surface area contributed by atoms with Gasteiger partial charge in [0.1, 0.15) is 5.69 Å². The zero-order valence-corrected chi connectivity index (χ0v) is 21.6. The Morgan fingerprint density at radius 3 is 2.49 bits per heavy atom. The highest BCUT2D eigenvalue weighted by Gasteiger charge is 2.36. The van der Waals surface area contributed by atoms with Crippen molar-refractivity contribution in [3.05, 3.63) is 54.2 Å². The van der Waals surface area contributed by atoms with Gasteiger partial charge in [0, 0.05) is 24.3 Å². The molecule has 2 aromatic carbocycles. The molecular formula is C26H30N6O4S. The van der Waals surface area contributed by atoms with Crippen molar-refractivity contribution in [2.45, 2.75) is 26.4 Å². The number of hydrogen-bond acceptors (Lipinski definition) is 9. The number of rotatable bonds is 7. The molecule has 3 heterocycles. The number of aromatic nitrogens is 2. The second-order valence-corrected chi connectivity index (χ2v) is 8.94. The summed E-state index contributed by atoms with van der Waals surface area (Å²) in [6.07, 6.45) is -0.897. The summed E-state index contributed by atoms with van der Waals surface area (Å²) in [6, 6.07) is 15.2. The summed E-state index contributed by atoms with van der Waals surface area (Å²) in [5.41, 5.74) is 9.60. The summed E-state index contributed by atoms with van der Waals surface area (Å²) in [6.45, 7) is 6.91. The largest absolute Gasteiger partial charge is 0.488 e. The van der Waals surface area contributed by atoms with E-state index in [0.717, 1.165) is 16.9 Å². The van der Waals surface area contributed by atoms with Gasteiger partial charge in [-0.1, -0.05) is 12.1 Å². The summed E-state index contributed by atoms with van der Waals surface area (Å²) in [5, 5.41) is 6.73. The van der Waals surface area contributed by atoms with E-state index >= 15 is 0 Å². The number of anilines is 4. The van der Waals surface area contributed by atoms with E-state index in [4.69, 9.17) is 46.9 Å². The number of hydrogen-bond donors (Lipinski definition) is 3. The number of para-hydroxylation sites is 2. The minimum Gasteiger partial charge on any atom is -0.488 e. The van der Waals surface area contributed by atoms with Crippen LogP contribution < -0.4 is 26.0 Å². The SMILES string of the molecule is CCOc1c(C2OC(C)O2)nc(-c2ccc(NC(=S)Nc3ccccc3N)cc2)nc1N1CCOCC1. The lowest BCUT2D eigenvalue weighted by Gasteiger charge is -2.35. The van der Waals surface area contributed by atoms with E-state index in [1.165, 1.54) is 0 Å². The maximum atomic E-state index is 6.02. The van der Waals surface area contributed by atoms with Gasteiger partial charge in [-0.3, -0.25) is 0 Å². The first-order valence-corrected chi connectivity index (χ1v) is 12.6. The number of benzene rings is 2. The van der Waals surface area contributed by atoms with Gasteiger partial charge >= 0.3 is 0 Å². The van der Waals surface area contributed by atoms with Gasteiger partial charge in [-0.25, -0.2) is 9.97 Å². The molecule has 4 N–H and O–H groups in total. The Labute approximate surface area is 221 Å². The summed E-state index contributed by atoms with van der Waals surface area (Å²) < 4.78 is 23.1. The monoisotopic (exact) mass is 522 g/mol. The summed E-state index contributed by atoms with van der Waals surface area (Å²) in [4.78, 5) is 11.9. The van der Waals surface area contributed by atoms with Crippen LogP contribution >= 0.6 is 12.2 Å². The number of nitrogens with two attached hydrogens (primary N) is 1. The van der Waals surface area contributed by atoms with Gasteiger partial charge in [-0.15, -0.1) is 0 Å². The van der Waals surface area contributed by atoms with Gasteiger partial charge in [0.25, 0.3) is 0 Å². The molecule has 0 amide bonds. The molecule has 0 atom stereocenters. The molecule has 11 heteroatoms. The quantitative estimate of drug-likeness (QED) is 0.307. The molecule has 0 spiro atoms. The topological polar surface area (TPSA) is 116 Å². The van der Waals surface area contributed by atoms with Crippen LogP contribution in [0.25, 0.3) is 11.4 Å². The third-order valence-electron chi connectivity index (χ3n) is 5.94. The van der Waals surface area contributed by atoms with Gasteiger partial charge in [0.05, 0.1) is 31.2 Å². The molecule has 2 aliphatic rings. The van der Waals surface area contributed by atoms with Crippen molar-refractivity contribution in [1.29, 1.82) is 0 Å². The zero-order chi connectivity index (χ0) is 25.8. The number of morpholine rings is 1. The lowest BCUT2D eigenvalue weighted by atomic mass is 10.1. The Morgan fingerprint density at radius 1 is 1.08 bits per heavy atom. The second-order valence-electron chi connectivity index (χ2n) is 8.53. The van der Waals surface area contributed by atoms with Crippen LogP contribution in [0.15, 0.2) is 48.5 Å². The van der Waals surface area contributed by atoms with Crippen LogP contribution in [0.4, 0.5) is 22.9 Å². The van der Waals surface area contributed by atoms with E-state index in [1.807, 2.05) is 62.4 Å². The fourth-order valence-electron chi connectivity index (χ4n) is 4.10. The fraction of sp³-hybridized carbons (Fsp3) is 0.346. The molecule has 10 nitrogen and oxygen atoms in total. The van der Waals surface area contributed by atoms with Crippen LogP contribution in [0.5, 0.6) is 5.75 Å². The van der Waals surface area contributed by atoms with Crippen molar-refractivity contribution in [3.8, 4) is 17.1 Å². The molecule has 2 aliphatic heterocycles. The van der Waals surface area contributed by atoms with Crippen LogP contribution in [0.3, 0.4) is 0 Å². The van der Waals surface area contributed by atoms with E-state index < -0.39 is 6.29 Å². The third-order valence-corrected chi connectivity index (χ3v) is 6.14. The Balaban J connectivity index is 1.41. The molecule has 0 radical (unpaired) electrons. The third kappa shape index (κ3) is 5.75. The standard InChI is InChI=1S/C26H30N6O4S/c1-3-34-22-21(25-35-16(2)36-25)30-23(31-24(22)32-12-14-33-15-13-32)17-8-10-18(11-9-17)28-26(37)29-20-7-5-4-6-19(20)27/h4-11,16,25H,3,12-15,27H2,1-2H3,(H2,28,29,37). The van der Waals surface area contributed by atoms with E-state index in [9.17, 15) is 0 Å². The minimum atomic E-state index is -0.604. The first-order chi connectivity index (χ1) is 18.0. The highest BCUT2D eigenvalue weighted by molar-refractivity contribution is 7.80. The molecule has 0 aliphatic carbocycles. The molecule has 0 bridgehead atoms. The van der Waals surface area contributed by atoms with Crippen molar-refractivity contribution in [2.24, 2.45) is 0 Å². The number of nitrogens with one attached hydrogen (secondary N) is 2. The lowest BCUT2D eigenvalue weighted by molar-refractivity contribution is -0.384. The molecule has 3 aromatic rings. The van der Waals surface area contributed by atoms with Crippen molar-refractivity contribution in [3.63, 3.8) is 0 Å². The van der Waals surface area contributed by atoms with Gasteiger partial charge in [-0.2, -0.15) is 0 Å². The second kappa shape index (κ2) is 11.3. The number of thiocarbonyl (C=S) groups is 1. The zero-order valence-electron chi connectivity index (χ0n) is 20.8. The smallest absolute Gasteiger partial charge is 0.210 e. The van der Waals surface area contributed by atoms with Gasteiger partial charge in [-0.05, 0) is 62.5 Å². The summed E-state index contributed by atoms with van der Waals surface area (Å²) in [7, 11) is 0. The fourth-order valence-corrected chi connectivity index (χ4v) is 4.33. The maximum absolute atomic E-state index is 6.02. The number of ether oxygens (including phenoxy) is 4. The Morgan fingerprint density at radius 2 is 1.81 bits per heavy atom. The van der Waals surface area contributed by atoms with Crippen LogP contribution in [0, 0.1) is 0 Å². The van der Waals surface area contributed by atoms with Crippen LogP contribution in [-0.4, -0.2) is 54.3 Å². The number of nitrogen functional groups attached to an aromatic ring is 1. The Kier molecular flexibility index (Phi) is 7.65. The first-order valence-electron chi connectivity index (χ1n) is 12.2. The van der Waals surface area contributed by atoms with Crippen LogP contribution in [0.1, 0.15) is 25.8 Å². The average Bonchev–Trinajstić information content (AvgIpc) is 2.89. The van der Waals surface area contributed by atoms with E-state index in [0.29, 0.717) is 66.8 Å². The van der Waals surface area contributed by atoms with Crippen molar-refractivity contribution < 1.29 is 18.9 Å². The molecule has 1 aromatic heterocycles. The van der Waals surface area contributed by atoms with E-state index in [1.54, 1.807) is 0 Å². The molecule has 0 unspecified atom stereocenters. The normalized spacial score (nSPS) is 19.1. The van der Waals surface area contributed by atoms with Crippen LogP contribution in [-0.2, 0) is 14.2 Å². The van der Waals surface area contributed by atoms with Crippen molar-refractivity contribution in [1.82, 2.24) is 9.97 Å². The van der Waals surface area contributed by atoms with Gasteiger partial charge in [0.2, 0.25) is 6.29 Å². The van der Waals surface area contributed by atoms with Crippen molar-refractivity contribution >= 4 is 40.2 Å². The predicted molar refractivity (Wildman–Crippen MR) is 147 cm³/mol. The van der Waals surface area contributed by atoms with E-state index in [-0.39, 0.29) is 6.29 Å². The minimum absolute atomic E-state index is 0.293. The van der Waals surface area contributed by atoms with E-state index in [2.05, 4.69) is 15.5 Å². The first kappa shape index (κ1) is 25.2. The van der Waals surface area contributed by atoms with Crippen molar-refractivity contribution in [2.75, 3.05) is 54.2 Å². The van der Waals surface area contributed by atoms with Crippen LogP contribution in [0.2, 0.25) is 0 Å². The molecule has 0 saturated carbocycles. The molecule has 37 heavy (non-hydrogen) atoms. The maximum Gasteiger partial charge on any atom is 0.210 e. The molecule has 194 valence electrons.